The largest absolute Gasteiger partial charge is 0.355 e. The van der Waals surface area contributed by atoms with Gasteiger partial charge in [0.15, 0.2) is 0 Å². The standard InChI is InChI=1S/C45H31N.C43H31N.C41H29N/c1-3-16-33(17-4-1)45(34-18-5-2-6-19-34)41-24-11-9-21-37(41)38-29-28-35(30-42(38)45)46-43-25-12-10-22-39(43)40-23-13-15-32-27-26-31-14-7-8-20-36(31)44(32)40;1-4-15-31(16-5-1)32-17-14-18-33(29-32)37-23-11-13-26-42(37)44-36-27-28-39-38-24-10-12-25-40(38)43(41(39)30-36,34-19-6-2-7-20-34)35-21-8-3-9-22-35;1-3-16-30(17-4-1)41(31-18-5-2-6-19-31)38-24-11-9-21-35(38)36-27-26-32(28-39(36)41)42-40-25-12-10-22-37(40)34-23-13-15-29-14-7-8-20-33(29)34/h1-30,46H;1-30,44H;1-28,42H. The van der Waals surface area contributed by atoms with Crippen molar-refractivity contribution < 1.29 is 0 Å². The highest BCUT2D eigenvalue weighted by molar-refractivity contribution is 6.15. The van der Waals surface area contributed by atoms with Gasteiger partial charge in [-0.3, -0.25) is 0 Å². The number of anilines is 6. The van der Waals surface area contributed by atoms with Crippen LogP contribution in [0, 0.1) is 0 Å². The van der Waals surface area contributed by atoms with Crippen molar-refractivity contribution in [2.45, 2.75) is 16.2 Å². The summed E-state index contributed by atoms with van der Waals surface area (Å²) >= 11 is 0. The van der Waals surface area contributed by atoms with E-state index in [4.69, 9.17) is 0 Å². The lowest BCUT2D eigenvalue weighted by atomic mass is 9.67. The quantitative estimate of drug-likeness (QED) is 0.0844. The summed E-state index contributed by atoms with van der Waals surface area (Å²) in [6.07, 6.45) is 0. The van der Waals surface area contributed by atoms with E-state index in [1.165, 1.54) is 177 Å². The average Bonchev–Trinajstić information content (AvgIpc) is 1.17. The van der Waals surface area contributed by atoms with Crippen LogP contribution in [0.25, 0.3) is 110 Å². The van der Waals surface area contributed by atoms with Crippen LogP contribution in [0.4, 0.5) is 34.1 Å². The Labute approximate surface area is 771 Å². The maximum absolute atomic E-state index is 3.88. The third-order valence-electron chi connectivity index (χ3n) is 27.4. The topological polar surface area (TPSA) is 36.1 Å². The van der Waals surface area contributed by atoms with Gasteiger partial charge in [0.1, 0.15) is 0 Å². The van der Waals surface area contributed by atoms with Gasteiger partial charge in [0.05, 0.1) is 16.2 Å². The molecular formula is C129H91N3. The molecule has 0 unspecified atom stereocenters. The molecule has 0 aliphatic heterocycles. The van der Waals surface area contributed by atoms with Gasteiger partial charge in [-0.05, 0) is 221 Å². The maximum Gasteiger partial charge on any atom is 0.0714 e. The number of hydrogen-bond donors (Lipinski definition) is 3. The number of benzene rings is 22. The van der Waals surface area contributed by atoms with Crippen LogP contribution >= 0.6 is 0 Å². The molecule has 0 atom stereocenters. The summed E-state index contributed by atoms with van der Waals surface area (Å²) < 4.78 is 0. The molecule has 0 radical (unpaired) electrons. The van der Waals surface area contributed by atoms with E-state index in [1.54, 1.807) is 0 Å². The van der Waals surface area contributed by atoms with Gasteiger partial charge < -0.3 is 16.0 Å². The van der Waals surface area contributed by atoms with Crippen molar-refractivity contribution in [2.75, 3.05) is 16.0 Å². The van der Waals surface area contributed by atoms with Crippen molar-refractivity contribution in [1.82, 2.24) is 0 Å². The molecule has 22 aromatic rings. The summed E-state index contributed by atoms with van der Waals surface area (Å²) in [7, 11) is 0. The molecule has 3 aliphatic rings. The Hall–Kier alpha value is -17.0. The van der Waals surface area contributed by atoms with Crippen LogP contribution in [0.5, 0.6) is 0 Å². The second-order valence-electron chi connectivity index (χ2n) is 34.5. The van der Waals surface area contributed by atoms with E-state index in [1.807, 2.05) is 0 Å². The number of para-hydroxylation sites is 3. The first-order valence-corrected chi connectivity index (χ1v) is 45.7. The molecule has 3 nitrogen and oxygen atoms in total. The van der Waals surface area contributed by atoms with Crippen LogP contribution in [0.1, 0.15) is 66.8 Å². The summed E-state index contributed by atoms with van der Waals surface area (Å²) in [5, 5.41) is 19.1. The first kappa shape index (κ1) is 79.6. The van der Waals surface area contributed by atoms with Gasteiger partial charge in [-0.25, -0.2) is 0 Å². The van der Waals surface area contributed by atoms with Crippen molar-refractivity contribution in [3.8, 4) is 77.9 Å². The Morgan fingerprint density at radius 3 is 0.826 bits per heavy atom. The fraction of sp³-hybridized carbons (Fsp3) is 0.0233. The van der Waals surface area contributed by atoms with Crippen LogP contribution in [0.2, 0.25) is 0 Å². The Bertz CT molecular complexity index is 7910. The number of fused-ring (bicyclic) bond motifs is 13. The molecule has 3 heteroatoms. The molecule has 22 aromatic carbocycles. The van der Waals surface area contributed by atoms with E-state index in [2.05, 4.69) is 550 Å². The van der Waals surface area contributed by atoms with Gasteiger partial charge in [0.2, 0.25) is 0 Å². The fourth-order valence-corrected chi connectivity index (χ4v) is 21.8. The number of rotatable bonds is 16. The second-order valence-corrected chi connectivity index (χ2v) is 34.5. The van der Waals surface area contributed by atoms with E-state index in [0.717, 1.165) is 34.1 Å². The Morgan fingerprint density at radius 1 is 0.136 bits per heavy atom. The van der Waals surface area contributed by atoms with Gasteiger partial charge >= 0.3 is 0 Å². The van der Waals surface area contributed by atoms with Crippen LogP contribution in [-0.2, 0) is 16.2 Å². The van der Waals surface area contributed by atoms with Gasteiger partial charge in [-0.1, -0.05) is 473 Å². The van der Waals surface area contributed by atoms with Gasteiger partial charge in [0, 0.05) is 50.8 Å². The highest BCUT2D eigenvalue weighted by Crippen LogP contribution is 2.61. The van der Waals surface area contributed by atoms with Crippen LogP contribution in [-0.4, -0.2) is 0 Å². The average molecular weight is 1680 g/mol. The Morgan fingerprint density at radius 2 is 0.402 bits per heavy atom. The molecule has 0 saturated carbocycles. The predicted molar refractivity (Wildman–Crippen MR) is 555 cm³/mol. The third kappa shape index (κ3) is 13.8. The molecule has 3 N–H and O–H groups in total. The first-order chi connectivity index (χ1) is 65.5. The van der Waals surface area contributed by atoms with Gasteiger partial charge in [-0.2, -0.15) is 0 Å². The summed E-state index contributed by atoms with van der Waals surface area (Å²) in [4.78, 5) is 0. The molecular weight excluding hydrogens is 1590 g/mol. The van der Waals surface area contributed by atoms with Gasteiger partial charge in [0.25, 0.3) is 0 Å². The summed E-state index contributed by atoms with van der Waals surface area (Å²) in [5.41, 5.74) is 38.0. The second kappa shape index (κ2) is 34.3. The summed E-state index contributed by atoms with van der Waals surface area (Å²) in [6.45, 7) is 0. The van der Waals surface area contributed by atoms with Crippen molar-refractivity contribution >= 4 is 66.4 Å². The molecule has 132 heavy (non-hydrogen) atoms. The van der Waals surface area contributed by atoms with Crippen molar-refractivity contribution in [2.24, 2.45) is 0 Å². The SMILES string of the molecule is c1ccc(-c2cccc(-c3ccccc3Nc3ccc4c(c3)C(c3ccccc3)(c3ccccc3)c3ccccc3-4)c2)cc1.c1ccc(C2(c3ccccc3)c3ccccc3-c3ccc(Nc4ccccc4-c4cccc5ccc6ccccc6c45)cc32)cc1.c1ccc(C2(c3ccccc3)c3ccccc3-c3ccc(Nc4ccccc4-c4cccc5ccccc45)cc32)cc1. The minimum absolute atomic E-state index is 0.415. The Kier molecular flexibility index (Phi) is 20.7. The summed E-state index contributed by atoms with van der Waals surface area (Å²) in [6, 6.07) is 193. The molecule has 3 aliphatic carbocycles. The van der Waals surface area contributed by atoms with E-state index >= 15 is 0 Å². The molecule has 622 valence electrons. The van der Waals surface area contributed by atoms with Crippen molar-refractivity contribution in [1.29, 1.82) is 0 Å². The molecule has 0 aromatic heterocycles. The monoisotopic (exact) mass is 1680 g/mol. The molecule has 25 rings (SSSR count). The zero-order chi connectivity index (χ0) is 87.8. The molecule has 0 spiro atoms. The lowest BCUT2D eigenvalue weighted by Crippen LogP contribution is -2.28. The highest BCUT2D eigenvalue weighted by Gasteiger charge is 2.49. The minimum Gasteiger partial charge on any atom is -0.355 e. The lowest BCUT2D eigenvalue weighted by Gasteiger charge is -2.34. The fourth-order valence-electron chi connectivity index (χ4n) is 21.8. The molecule has 0 amide bonds. The van der Waals surface area contributed by atoms with Crippen LogP contribution in [0.15, 0.2) is 534 Å². The number of nitrogens with one attached hydrogen (secondary N) is 3. The molecule has 0 bridgehead atoms. The number of hydrogen-bond acceptors (Lipinski definition) is 3. The zero-order valence-corrected chi connectivity index (χ0v) is 72.8. The molecule has 0 heterocycles. The van der Waals surface area contributed by atoms with E-state index < -0.39 is 16.2 Å². The van der Waals surface area contributed by atoms with Crippen LogP contribution < -0.4 is 16.0 Å². The van der Waals surface area contributed by atoms with E-state index in [-0.39, 0.29) is 0 Å². The third-order valence-corrected chi connectivity index (χ3v) is 27.4. The van der Waals surface area contributed by atoms with E-state index in [9.17, 15) is 0 Å². The minimum atomic E-state index is -0.430. The zero-order valence-electron chi connectivity index (χ0n) is 72.8. The lowest BCUT2D eigenvalue weighted by molar-refractivity contribution is 0.769. The smallest absolute Gasteiger partial charge is 0.0714 e. The predicted octanol–water partition coefficient (Wildman–Crippen LogP) is 33.5. The first-order valence-electron chi connectivity index (χ1n) is 45.7. The van der Waals surface area contributed by atoms with Crippen molar-refractivity contribution in [3.05, 3.63) is 601 Å². The van der Waals surface area contributed by atoms with Gasteiger partial charge in [-0.15, -0.1) is 0 Å². The summed E-state index contributed by atoms with van der Waals surface area (Å²) in [5.74, 6) is 0. The normalized spacial score (nSPS) is 12.9. The molecule has 0 fully saturated rings. The Balaban J connectivity index is 0.000000112. The highest BCUT2D eigenvalue weighted by atomic mass is 14.9. The maximum atomic E-state index is 3.88. The van der Waals surface area contributed by atoms with E-state index in [0.29, 0.717) is 0 Å². The van der Waals surface area contributed by atoms with Crippen molar-refractivity contribution in [3.63, 3.8) is 0 Å². The van der Waals surface area contributed by atoms with Crippen LogP contribution in [0.3, 0.4) is 0 Å². The molecule has 0 saturated heterocycles.